The number of hydrogen-bond donors (Lipinski definition) is 1. The van der Waals surface area contributed by atoms with Crippen molar-refractivity contribution in [3.63, 3.8) is 0 Å². The molecule has 0 aromatic heterocycles. The molecule has 1 unspecified atom stereocenters. The molecule has 1 N–H and O–H groups in total. The van der Waals surface area contributed by atoms with Gasteiger partial charge < -0.3 is 5.32 Å². The highest BCUT2D eigenvalue weighted by Crippen LogP contribution is 2.26. The molecule has 0 aliphatic carbocycles. The maximum atomic E-state index is 12.5. The van der Waals surface area contributed by atoms with Crippen molar-refractivity contribution in [3.8, 4) is 0 Å². The van der Waals surface area contributed by atoms with Gasteiger partial charge >= 0.3 is 0 Å². The minimum Gasteiger partial charge on any atom is -0.345 e. The molecule has 3 rings (SSSR count). The van der Waals surface area contributed by atoms with Crippen LogP contribution in [0, 0.1) is 10.1 Å². The summed E-state index contributed by atoms with van der Waals surface area (Å²) in [4.78, 5) is 22.7. The summed E-state index contributed by atoms with van der Waals surface area (Å²) in [6.45, 7) is 1.89. The normalized spacial score (nSPS) is 11.9. The van der Waals surface area contributed by atoms with Crippen molar-refractivity contribution < 1.29 is 9.72 Å². The Morgan fingerprint density at radius 1 is 1.12 bits per heavy atom. The van der Waals surface area contributed by atoms with Crippen LogP contribution in [-0.2, 0) is 0 Å². The van der Waals surface area contributed by atoms with Crippen molar-refractivity contribution >= 4 is 34.0 Å². The highest BCUT2D eigenvalue weighted by atomic mass is 35.5. The summed E-state index contributed by atoms with van der Waals surface area (Å²) >= 11 is 6.03. The van der Waals surface area contributed by atoms with E-state index < -0.39 is 4.92 Å². The molecule has 126 valence electrons. The fourth-order valence-corrected chi connectivity index (χ4v) is 3.04. The summed E-state index contributed by atoms with van der Waals surface area (Å²) in [6.07, 6.45) is 0. The number of nitro groups is 1. The molecule has 0 heterocycles. The first-order valence-electron chi connectivity index (χ1n) is 7.70. The molecule has 0 saturated carbocycles. The van der Waals surface area contributed by atoms with E-state index in [0.717, 1.165) is 16.3 Å². The molecule has 0 bridgehead atoms. The van der Waals surface area contributed by atoms with E-state index in [-0.39, 0.29) is 28.2 Å². The van der Waals surface area contributed by atoms with Gasteiger partial charge in [0.2, 0.25) is 0 Å². The van der Waals surface area contributed by atoms with Crippen LogP contribution in [0.25, 0.3) is 10.8 Å². The molecule has 6 heteroatoms. The largest absolute Gasteiger partial charge is 0.345 e. The van der Waals surface area contributed by atoms with Gasteiger partial charge in [0, 0.05) is 12.1 Å². The Bertz CT molecular complexity index is 967. The molecule has 3 aromatic carbocycles. The second kappa shape index (κ2) is 6.91. The van der Waals surface area contributed by atoms with E-state index in [1.807, 2.05) is 49.4 Å². The van der Waals surface area contributed by atoms with E-state index >= 15 is 0 Å². The van der Waals surface area contributed by atoms with Crippen LogP contribution in [0.5, 0.6) is 0 Å². The van der Waals surface area contributed by atoms with Gasteiger partial charge in [-0.25, -0.2) is 0 Å². The van der Waals surface area contributed by atoms with Gasteiger partial charge in [-0.2, -0.15) is 0 Å². The van der Waals surface area contributed by atoms with E-state index in [2.05, 4.69) is 5.32 Å². The number of non-ortho nitro benzene ring substituents is 1. The predicted octanol–water partition coefficient (Wildman–Crippen LogP) is 4.89. The molecule has 0 saturated heterocycles. The minimum atomic E-state index is -0.549. The first kappa shape index (κ1) is 16.9. The summed E-state index contributed by atoms with van der Waals surface area (Å²) in [6, 6.07) is 17.4. The fraction of sp³-hybridized carbons (Fsp3) is 0.105. The Balaban J connectivity index is 1.86. The summed E-state index contributed by atoms with van der Waals surface area (Å²) in [7, 11) is 0. The third-order valence-electron chi connectivity index (χ3n) is 4.05. The SMILES string of the molecule is CC(NC(=O)c1ccc([N+](=O)[O-])cc1Cl)c1cccc2ccccc12. The zero-order chi connectivity index (χ0) is 18.0. The zero-order valence-electron chi connectivity index (χ0n) is 13.4. The highest BCUT2D eigenvalue weighted by Gasteiger charge is 2.18. The van der Waals surface area contributed by atoms with Crippen molar-refractivity contribution in [1.82, 2.24) is 5.32 Å². The lowest BCUT2D eigenvalue weighted by atomic mass is 9.99. The lowest BCUT2D eigenvalue weighted by molar-refractivity contribution is -0.384. The van der Waals surface area contributed by atoms with E-state index in [1.165, 1.54) is 18.2 Å². The molecule has 0 fully saturated rings. The van der Waals surface area contributed by atoms with Crippen LogP contribution >= 0.6 is 11.6 Å². The summed E-state index contributed by atoms with van der Waals surface area (Å²) < 4.78 is 0. The fourth-order valence-electron chi connectivity index (χ4n) is 2.78. The summed E-state index contributed by atoms with van der Waals surface area (Å²) in [5.41, 5.74) is 1.05. The number of carbonyl (C=O) groups excluding carboxylic acids is 1. The van der Waals surface area contributed by atoms with Gasteiger partial charge in [0.15, 0.2) is 0 Å². The Kier molecular flexibility index (Phi) is 4.67. The van der Waals surface area contributed by atoms with Crippen molar-refractivity contribution in [2.45, 2.75) is 13.0 Å². The summed E-state index contributed by atoms with van der Waals surface area (Å²) in [5, 5.41) is 15.9. The number of benzene rings is 3. The number of halogens is 1. The molecule has 25 heavy (non-hydrogen) atoms. The molecule has 0 spiro atoms. The number of nitro benzene ring substituents is 1. The van der Waals surface area contributed by atoms with Crippen LogP contribution in [0.15, 0.2) is 60.7 Å². The average molecular weight is 355 g/mol. The van der Waals surface area contributed by atoms with Gasteiger partial charge in [0.1, 0.15) is 0 Å². The van der Waals surface area contributed by atoms with Gasteiger partial charge in [0.05, 0.1) is 21.6 Å². The van der Waals surface area contributed by atoms with E-state index in [1.54, 1.807) is 0 Å². The van der Waals surface area contributed by atoms with Crippen LogP contribution in [0.1, 0.15) is 28.9 Å². The van der Waals surface area contributed by atoms with Crippen LogP contribution < -0.4 is 5.32 Å². The number of carbonyl (C=O) groups is 1. The van der Waals surface area contributed by atoms with E-state index in [0.29, 0.717) is 0 Å². The molecule has 0 aliphatic heterocycles. The Morgan fingerprint density at radius 2 is 1.84 bits per heavy atom. The molecule has 5 nitrogen and oxygen atoms in total. The monoisotopic (exact) mass is 354 g/mol. The number of nitrogens with one attached hydrogen (secondary N) is 1. The van der Waals surface area contributed by atoms with Crippen LogP contribution in [-0.4, -0.2) is 10.8 Å². The number of nitrogens with zero attached hydrogens (tertiary/aromatic N) is 1. The van der Waals surface area contributed by atoms with E-state index in [4.69, 9.17) is 11.6 Å². The standard InChI is InChI=1S/C19H15ClN2O3/c1-12(15-8-4-6-13-5-2-3-7-16(13)15)21-19(23)17-10-9-14(22(24)25)11-18(17)20/h2-12H,1H3,(H,21,23). The van der Waals surface area contributed by atoms with Crippen LogP contribution in [0.2, 0.25) is 5.02 Å². The first-order chi connectivity index (χ1) is 12.0. The highest BCUT2D eigenvalue weighted by molar-refractivity contribution is 6.34. The number of hydrogen-bond acceptors (Lipinski definition) is 3. The third kappa shape index (κ3) is 3.46. The van der Waals surface area contributed by atoms with Crippen molar-refractivity contribution in [3.05, 3.63) is 86.9 Å². The van der Waals surface area contributed by atoms with Crippen molar-refractivity contribution in [2.24, 2.45) is 0 Å². The van der Waals surface area contributed by atoms with Crippen molar-refractivity contribution in [2.75, 3.05) is 0 Å². The lowest BCUT2D eigenvalue weighted by Gasteiger charge is -2.17. The molecule has 0 aliphatic rings. The molecule has 1 atom stereocenters. The smallest absolute Gasteiger partial charge is 0.270 e. The molecule has 3 aromatic rings. The van der Waals surface area contributed by atoms with Crippen molar-refractivity contribution in [1.29, 1.82) is 0 Å². The van der Waals surface area contributed by atoms with Gasteiger partial charge in [-0.1, -0.05) is 54.1 Å². The second-order valence-electron chi connectivity index (χ2n) is 5.68. The zero-order valence-corrected chi connectivity index (χ0v) is 14.2. The van der Waals surface area contributed by atoms with Crippen LogP contribution in [0.3, 0.4) is 0 Å². The predicted molar refractivity (Wildman–Crippen MR) is 97.9 cm³/mol. The maximum Gasteiger partial charge on any atom is 0.270 e. The minimum absolute atomic E-state index is 0.0526. The number of rotatable bonds is 4. The van der Waals surface area contributed by atoms with Gasteiger partial charge in [-0.05, 0) is 29.3 Å². The molecule has 0 radical (unpaired) electrons. The third-order valence-corrected chi connectivity index (χ3v) is 4.36. The first-order valence-corrected chi connectivity index (χ1v) is 8.07. The summed E-state index contributed by atoms with van der Waals surface area (Å²) in [5.74, 6) is -0.375. The maximum absolute atomic E-state index is 12.5. The van der Waals surface area contributed by atoms with Gasteiger partial charge in [0.25, 0.3) is 11.6 Å². The quantitative estimate of drug-likeness (QED) is 0.535. The Hall–Kier alpha value is -2.92. The second-order valence-corrected chi connectivity index (χ2v) is 6.09. The van der Waals surface area contributed by atoms with E-state index in [9.17, 15) is 14.9 Å². The number of amides is 1. The Morgan fingerprint density at radius 3 is 2.56 bits per heavy atom. The molecular formula is C19H15ClN2O3. The molecular weight excluding hydrogens is 340 g/mol. The average Bonchev–Trinajstić information content (AvgIpc) is 2.60. The molecule has 1 amide bonds. The lowest BCUT2D eigenvalue weighted by Crippen LogP contribution is -2.27. The van der Waals surface area contributed by atoms with Gasteiger partial charge in [-0.15, -0.1) is 0 Å². The number of fused-ring (bicyclic) bond motifs is 1. The topological polar surface area (TPSA) is 72.2 Å². The van der Waals surface area contributed by atoms with Crippen LogP contribution in [0.4, 0.5) is 5.69 Å². The Labute approximate surface area is 149 Å². The van der Waals surface area contributed by atoms with Gasteiger partial charge in [-0.3, -0.25) is 14.9 Å².